The summed E-state index contributed by atoms with van der Waals surface area (Å²) in [5.41, 5.74) is 2.22. The predicted octanol–water partition coefficient (Wildman–Crippen LogP) is 2.18. The summed E-state index contributed by atoms with van der Waals surface area (Å²) in [6.45, 7) is 4.22. The molecule has 0 aliphatic rings. The van der Waals surface area contributed by atoms with Crippen LogP contribution in [0.4, 0.5) is 0 Å². The van der Waals surface area contributed by atoms with E-state index >= 15 is 0 Å². The molecule has 2 heterocycles. The number of nitrogens with zero attached hydrogens (tertiary/aromatic N) is 4. The minimum Gasteiger partial charge on any atom is -0.245 e. The zero-order valence-electron chi connectivity index (χ0n) is 10.2. The first-order valence-corrected chi connectivity index (χ1v) is 5.85. The Labute approximate surface area is 101 Å². The van der Waals surface area contributed by atoms with Crippen LogP contribution in [0.15, 0.2) is 31.0 Å². The third-order valence-electron chi connectivity index (χ3n) is 2.74. The van der Waals surface area contributed by atoms with Gasteiger partial charge in [0.2, 0.25) is 0 Å². The molecule has 4 heteroatoms. The maximum absolute atomic E-state index is 4.50. The fourth-order valence-electron chi connectivity index (χ4n) is 1.72. The van der Waals surface area contributed by atoms with E-state index < -0.39 is 0 Å². The van der Waals surface area contributed by atoms with E-state index in [-0.39, 0.29) is 0 Å². The van der Waals surface area contributed by atoms with Gasteiger partial charge in [-0.05, 0) is 24.0 Å². The summed E-state index contributed by atoms with van der Waals surface area (Å²) in [5, 5.41) is 0. The summed E-state index contributed by atoms with van der Waals surface area (Å²) in [6, 6.07) is 1.97. The Morgan fingerprint density at radius 2 is 2.00 bits per heavy atom. The number of rotatable bonds is 4. The van der Waals surface area contributed by atoms with Crippen molar-refractivity contribution in [1.82, 2.24) is 19.9 Å². The van der Waals surface area contributed by atoms with Gasteiger partial charge in [-0.3, -0.25) is 0 Å². The molecule has 0 spiro atoms. The van der Waals surface area contributed by atoms with Gasteiger partial charge in [0.05, 0.1) is 0 Å². The zero-order valence-corrected chi connectivity index (χ0v) is 10.2. The van der Waals surface area contributed by atoms with Crippen LogP contribution >= 0.6 is 0 Å². The molecule has 4 nitrogen and oxygen atoms in total. The molecule has 88 valence electrons. The largest absolute Gasteiger partial charge is 0.245 e. The highest BCUT2D eigenvalue weighted by Crippen LogP contribution is 2.17. The van der Waals surface area contributed by atoms with E-state index in [0.717, 1.165) is 29.9 Å². The summed E-state index contributed by atoms with van der Waals surface area (Å²) >= 11 is 0. The second-order valence-electron chi connectivity index (χ2n) is 4.09. The summed E-state index contributed by atoms with van der Waals surface area (Å²) in [6.07, 6.45) is 8.87. The molecule has 0 aliphatic carbocycles. The maximum atomic E-state index is 4.50. The molecule has 0 bridgehead atoms. The average molecular weight is 228 g/mol. The third-order valence-corrected chi connectivity index (χ3v) is 2.74. The van der Waals surface area contributed by atoms with Crippen molar-refractivity contribution in [2.75, 3.05) is 0 Å². The van der Waals surface area contributed by atoms with Crippen LogP contribution in [0.1, 0.15) is 36.8 Å². The van der Waals surface area contributed by atoms with Crippen LogP contribution in [-0.4, -0.2) is 19.9 Å². The van der Waals surface area contributed by atoms with Crippen LogP contribution in [0.25, 0.3) is 0 Å². The summed E-state index contributed by atoms with van der Waals surface area (Å²) in [5.74, 6) is 1.27. The number of hydrogen-bond donors (Lipinski definition) is 0. The van der Waals surface area contributed by atoms with E-state index in [2.05, 4.69) is 33.8 Å². The lowest BCUT2D eigenvalue weighted by Gasteiger charge is -2.10. The van der Waals surface area contributed by atoms with Crippen molar-refractivity contribution in [1.29, 1.82) is 0 Å². The molecule has 0 amide bonds. The van der Waals surface area contributed by atoms with E-state index in [1.165, 1.54) is 0 Å². The standard InChI is InChI=1S/C13H16N4/c1-3-13-16-5-4-12(17-13)6-10(2)11-7-14-9-15-8-11/h4-5,7-10H,3,6H2,1-2H3. The minimum atomic E-state index is 0.371. The zero-order chi connectivity index (χ0) is 12.1. The first kappa shape index (κ1) is 11.6. The molecule has 17 heavy (non-hydrogen) atoms. The molecule has 2 aromatic rings. The Balaban J connectivity index is 2.10. The highest BCUT2D eigenvalue weighted by Gasteiger charge is 2.08. The third kappa shape index (κ3) is 3.06. The van der Waals surface area contributed by atoms with Gasteiger partial charge in [-0.1, -0.05) is 13.8 Å². The Hall–Kier alpha value is -1.84. The Morgan fingerprint density at radius 1 is 1.24 bits per heavy atom. The summed E-state index contributed by atoms with van der Waals surface area (Å²) in [7, 11) is 0. The second-order valence-corrected chi connectivity index (χ2v) is 4.09. The van der Waals surface area contributed by atoms with Gasteiger partial charge in [-0.25, -0.2) is 19.9 Å². The van der Waals surface area contributed by atoms with E-state index in [9.17, 15) is 0 Å². The molecule has 0 N–H and O–H groups in total. The van der Waals surface area contributed by atoms with Crippen molar-refractivity contribution in [3.8, 4) is 0 Å². The van der Waals surface area contributed by atoms with Crippen LogP contribution in [0, 0.1) is 0 Å². The fourth-order valence-corrected chi connectivity index (χ4v) is 1.72. The van der Waals surface area contributed by atoms with Crippen LogP contribution in [0.3, 0.4) is 0 Å². The van der Waals surface area contributed by atoms with Crippen molar-refractivity contribution in [2.45, 2.75) is 32.6 Å². The molecular formula is C13H16N4. The van der Waals surface area contributed by atoms with Crippen LogP contribution < -0.4 is 0 Å². The molecule has 1 atom stereocenters. The summed E-state index contributed by atoms with van der Waals surface area (Å²) < 4.78 is 0. The van der Waals surface area contributed by atoms with Gasteiger partial charge in [0.25, 0.3) is 0 Å². The van der Waals surface area contributed by atoms with E-state index in [0.29, 0.717) is 5.92 Å². The van der Waals surface area contributed by atoms with Crippen molar-refractivity contribution in [3.63, 3.8) is 0 Å². The Kier molecular flexibility index (Phi) is 3.75. The van der Waals surface area contributed by atoms with Gasteiger partial charge in [-0.2, -0.15) is 0 Å². The van der Waals surface area contributed by atoms with Crippen molar-refractivity contribution >= 4 is 0 Å². The van der Waals surface area contributed by atoms with Crippen LogP contribution in [0.5, 0.6) is 0 Å². The van der Waals surface area contributed by atoms with Crippen molar-refractivity contribution in [2.24, 2.45) is 0 Å². The lowest BCUT2D eigenvalue weighted by molar-refractivity contribution is 0.720. The first-order chi connectivity index (χ1) is 8.29. The molecular weight excluding hydrogens is 212 g/mol. The molecule has 0 saturated carbocycles. The Morgan fingerprint density at radius 3 is 2.71 bits per heavy atom. The normalized spacial score (nSPS) is 12.4. The molecule has 0 saturated heterocycles. The predicted molar refractivity (Wildman–Crippen MR) is 65.6 cm³/mol. The van der Waals surface area contributed by atoms with Gasteiger partial charge in [0, 0.05) is 30.7 Å². The lowest BCUT2D eigenvalue weighted by Crippen LogP contribution is -2.04. The van der Waals surface area contributed by atoms with E-state index in [1.807, 2.05) is 24.7 Å². The fraction of sp³-hybridized carbons (Fsp3) is 0.385. The first-order valence-electron chi connectivity index (χ1n) is 5.85. The van der Waals surface area contributed by atoms with Gasteiger partial charge < -0.3 is 0 Å². The van der Waals surface area contributed by atoms with E-state index in [4.69, 9.17) is 0 Å². The smallest absolute Gasteiger partial charge is 0.128 e. The molecule has 2 aromatic heterocycles. The molecule has 0 aromatic carbocycles. The SMILES string of the molecule is CCc1nccc(CC(C)c2cncnc2)n1. The van der Waals surface area contributed by atoms with E-state index in [1.54, 1.807) is 6.33 Å². The molecule has 0 radical (unpaired) electrons. The van der Waals surface area contributed by atoms with Crippen molar-refractivity contribution in [3.05, 3.63) is 48.1 Å². The lowest BCUT2D eigenvalue weighted by atomic mass is 9.99. The summed E-state index contributed by atoms with van der Waals surface area (Å²) in [4.78, 5) is 16.8. The van der Waals surface area contributed by atoms with Gasteiger partial charge in [-0.15, -0.1) is 0 Å². The highest BCUT2D eigenvalue weighted by molar-refractivity contribution is 5.14. The molecule has 0 fully saturated rings. The van der Waals surface area contributed by atoms with Crippen molar-refractivity contribution < 1.29 is 0 Å². The van der Waals surface area contributed by atoms with Crippen LogP contribution in [0.2, 0.25) is 0 Å². The number of aryl methyl sites for hydroxylation is 1. The monoisotopic (exact) mass is 228 g/mol. The number of hydrogen-bond acceptors (Lipinski definition) is 4. The number of aromatic nitrogens is 4. The molecule has 2 rings (SSSR count). The van der Waals surface area contributed by atoms with Gasteiger partial charge >= 0.3 is 0 Å². The second kappa shape index (κ2) is 5.48. The quantitative estimate of drug-likeness (QED) is 0.804. The van der Waals surface area contributed by atoms with Crippen LogP contribution in [-0.2, 0) is 12.8 Å². The van der Waals surface area contributed by atoms with Gasteiger partial charge in [0.15, 0.2) is 0 Å². The molecule has 0 aliphatic heterocycles. The van der Waals surface area contributed by atoms with Gasteiger partial charge in [0.1, 0.15) is 12.2 Å². The topological polar surface area (TPSA) is 51.6 Å². The average Bonchev–Trinajstić information content (AvgIpc) is 2.40. The molecule has 1 unspecified atom stereocenters. The minimum absolute atomic E-state index is 0.371. The Bertz CT molecular complexity index is 470. The highest BCUT2D eigenvalue weighted by atomic mass is 14.9. The maximum Gasteiger partial charge on any atom is 0.128 e.